The van der Waals surface area contributed by atoms with Crippen LogP contribution in [0.4, 0.5) is 5.69 Å². The fraction of sp³-hybridized carbons (Fsp3) is 0.438. The Morgan fingerprint density at radius 2 is 1.87 bits per heavy atom. The fourth-order valence-electron chi connectivity index (χ4n) is 4.02. The maximum Gasteiger partial charge on any atom is 0.244 e. The molecule has 2 saturated heterocycles. The minimum absolute atomic E-state index is 0.0974. The second kappa shape index (κ2) is 5.01. The first-order chi connectivity index (χ1) is 11.0. The van der Waals surface area contributed by atoms with E-state index in [4.69, 9.17) is 12.2 Å². The standard InChI is InChI=1S/C16H18N4O2S/c1-19-6-7-20-11-5-3-2-4-10(11)8-16(12(20)9-19)13(21)17-15(23)18-14(16)22/h2-5,12H,6-9H2,1H3,(H2,17,18,21,22,23). The van der Waals surface area contributed by atoms with Crippen LogP contribution in [-0.2, 0) is 16.0 Å². The number of para-hydroxylation sites is 1. The molecule has 1 spiro atoms. The first kappa shape index (κ1) is 14.6. The Balaban J connectivity index is 1.88. The second-order valence-electron chi connectivity index (χ2n) is 6.49. The predicted molar refractivity (Wildman–Crippen MR) is 90.1 cm³/mol. The molecular weight excluding hydrogens is 312 g/mol. The van der Waals surface area contributed by atoms with Crippen LogP contribution in [0.1, 0.15) is 5.56 Å². The number of carbonyl (C=O) groups excluding carboxylic acids is 2. The number of nitrogens with one attached hydrogen (secondary N) is 2. The molecule has 3 aliphatic rings. The molecule has 1 atom stereocenters. The van der Waals surface area contributed by atoms with Crippen LogP contribution in [0.2, 0.25) is 0 Å². The Kier molecular flexibility index (Phi) is 3.18. The van der Waals surface area contributed by atoms with Gasteiger partial charge in [0.05, 0.1) is 6.04 Å². The van der Waals surface area contributed by atoms with Crippen LogP contribution in [0.15, 0.2) is 24.3 Å². The molecule has 3 aliphatic heterocycles. The third kappa shape index (κ3) is 2.00. The molecule has 120 valence electrons. The van der Waals surface area contributed by atoms with E-state index < -0.39 is 5.41 Å². The monoisotopic (exact) mass is 330 g/mol. The molecule has 4 rings (SSSR count). The number of piperazine rings is 1. The van der Waals surface area contributed by atoms with Crippen LogP contribution >= 0.6 is 12.2 Å². The Bertz CT molecular complexity index is 700. The van der Waals surface area contributed by atoms with Crippen molar-refractivity contribution in [1.29, 1.82) is 0 Å². The van der Waals surface area contributed by atoms with Crippen LogP contribution in [0, 0.1) is 5.41 Å². The van der Waals surface area contributed by atoms with Crippen LogP contribution in [-0.4, -0.2) is 54.6 Å². The number of rotatable bonds is 0. The van der Waals surface area contributed by atoms with E-state index >= 15 is 0 Å². The number of hydrogen-bond donors (Lipinski definition) is 2. The number of benzene rings is 1. The van der Waals surface area contributed by atoms with Crippen molar-refractivity contribution in [3.05, 3.63) is 29.8 Å². The molecule has 0 bridgehead atoms. The van der Waals surface area contributed by atoms with E-state index in [1.165, 1.54) is 0 Å². The average molecular weight is 330 g/mol. The van der Waals surface area contributed by atoms with E-state index in [1.54, 1.807) is 0 Å². The molecule has 0 saturated carbocycles. The van der Waals surface area contributed by atoms with Gasteiger partial charge in [0.15, 0.2) is 10.5 Å². The Labute approximate surface area is 139 Å². The summed E-state index contributed by atoms with van der Waals surface area (Å²) in [6.45, 7) is 2.37. The zero-order valence-corrected chi connectivity index (χ0v) is 13.7. The van der Waals surface area contributed by atoms with Crippen molar-refractivity contribution in [2.45, 2.75) is 12.5 Å². The van der Waals surface area contributed by atoms with E-state index in [0.29, 0.717) is 13.0 Å². The van der Waals surface area contributed by atoms with Crippen molar-refractivity contribution in [2.24, 2.45) is 5.41 Å². The predicted octanol–water partition coefficient (Wildman–Crippen LogP) is -0.120. The summed E-state index contributed by atoms with van der Waals surface area (Å²) >= 11 is 4.97. The lowest BCUT2D eigenvalue weighted by atomic mass is 9.68. The first-order valence-corrected chi connectivity index (χ1v) is 8.13. The lowest BCUT2D eigenvalue weighted by Crippen LogP contribution is -2.74. The number of anilines is 1. The number of thiocarbonyl (C=S) groups is 1. The molecule has 2 N–H and O–H groups in total. The van der Waals surface area contributed by atoms with E-state index in [0.717, 1.165) is 24.3 Å². The minimum Gasteiger partial charge on any atom is -0.364 e. The van der Waals surface area contributed by atoms with Gasteiger partial charge in [0.1, 0.15) is 0 Å². The summed E-state index contributed by atoms with van der Waals surface area (Å²) in [7, 11) is 2.02. The zero-order chi connectivity index (χ0) is 16.2. The summed E-state index contributed by atoms with van der Waals surface area (Å²) in [4.78, 5) is 30.1. The molecule has 23 heavy (non-hydrogen) atoms. The van der Waals surface area contributed by atoms with E-state index in [9.17, 15) is 9.59 Å². The molecule has 0 aromatic heterocycles. The minimum atomic E-state index is -1.13. The number of hydrogen-bond acceptors (Lipinski definition) is 5. The molecule has 2 amide bonds. The SMILES string of the molecule is CN1CCN2c3ccccc3CC3(C(=O)NC(=S)NC3=O)C2C1. The number of amides is 2. The Hall–Kier alpha value is -1.99. The van der Waals surface area contributed by atoms with Gasteiger partial charge in [-0.2, -0.15) is 0 Å². The van der Waals surface area contributed by atoms with Gasteiger partial charge in [-0.05, 0) is 37.3 Å². The molecule has 1 unspecified atom stereocenters. The summed E-state index contributed by atoms with van der Waals surface area (Å²) < 4.78 is 0. The number of likely N-dealkylation sites (N-methyl/N-ethyl adjacent to an activating group) is 1. The Morgan fingerprint density at radius 3 is 2.61 bits per heavy atom. The topological polar surface area (TPSA) is 64.7 Å². The maximum absolute atomic E-state index is 12.9. The molecule has 0 aliphatic carbocycles. The van der Waals surface area contributed by atoms with Crippen molar-refractivity contribution in [3.8, 4) is 0 Å². The highest BCUT2D eigenvalue weighted by Crippen LogP contribution is 2.44. The summed E-state index contributed by atoms with van der Waals surface area (Å²) in [5, 5.41) is 5.43. The largest absolute Gasteiger partial charge is 0.364 e. The van der Waals surface area contributed by atoms with Crippen molar-refractivity contribution >= 4 is 34.8 Å². The van der Waals surface area contributed by atoms with Crippen LogP contribution in [0.5, 0.6) is 0 Å². The van der Waals surface area contributed by atoms with Crippen LogP contribution in [0.25, 0.3) is 0 Å². The van der Waals surface area contributed by atoms with Gasteiger partial charge in [0.2, 0.25) is 11.8 Å². The lowest BCUT2D eigenvalue weighted by molar-refractivity contribution is -0.146. The van der Waals surface area contributed by atoms with Crippen molar-refractivity contribution in [1.82, 2.24) is 15.5 Å². The van der Waals surface area contributed by atoms with E-state index in [1.807, 2.05) is 25.2 Å². The van der Waals surface area contributed by atoms with Gasteiger partial charge in [0, 0.05) is 25.3 Å². The van der Waals surface area contributed by atoms with Gasteiger partial charge in [0.25, 0.3) is 0 Å². The van der Waals surface area contributed by atoms with Gasteiger partial charge < -0.3 is 20.4 Å². The van der Waals surface area contributed by atoms with E-state index in [-0.39, 0.29) is 23.0 Å². The second-order valence-corrected chi connectivity index (χ2v) is 6.89. The molecular formula is C16H18N4O2S. The number of nitrogens with zero attached hydrogens (tertiary/aromatic N) is 2. The molecule has 7 heteroatoms. The van der Waals surface area contributed by atoms with Crippen molar-refractivity contribution in [2.75, 3.05) is 31.6 Å². The summed E-state index contributed by atoms with van der Waals surface area (Å²) in [5.74, 6) is -0.572. The molecule has 1 aromatic carbocycles. The molecule has 1 aromatic rings. The molecule has 2 fully saturated rings. The third-order valence-electron chi connectivity index (χ3n) is 5.19. The van der Waals surface area contributed by atoms with Crippen molar-refractivity contribution < 1.29 is 9.59 Å². The molecule has 3 heterocycles. The van der Waals surface area contributed by atoms with Crippen molar-refractivity contribution in [3.63, 3.8) is 0 Å². The van der Waals surface area contributed by atoms with Crippen LogP contribution in [0.3, 0.4) is 0 Å². The highest BCUT2D eigenvalue weighted by Gasteiger charge is 2.59. The number of carbonyl (C=O) groups is 2. The summed E-state index contributed by atoms with van der Waals surface area (Å²) in [6.07, 6.45) is 0.401. The summed E-state index contributed by atoms with van der Waals surface area (Å²) in [5.41, 5.74) is 1.03. The highest BCUT2D eigenvalue weighted by atomic mass is 32.1. The molecule has 0 radical (unpaired) electrons. The van der Waals surface area contributed by atoms with Gasteiger partial charge in [-0.15, -0.1) is 0 Å². The van der Waals surface area contributed by atoms with Gasteiger partial charge in [-0.3, -0.25) is 9.59 Å². The zero-order valence-electron chi connectivity index (χ0n) is 12.8. The lowest BCUT2D eigenvalue weighted by Gasteiger charge is -2.54. The maximum atomic E-state index is 12.9. The Morgan fingerprint density at radius 1 is 1.17 bits per heavy atom. The number of fused-ring (bicyclic) bond motifs is 4. The first-order valence-electron chi connectivity index (χ1n) is 7.72. The average Bonchev–Trinajstić information content (AvgIpc) is 2.52. The van der Waals surface area contributed by atoms with Gasteiger partial charge in [-0.1, -0.05) is 18.2 Å². The third-order valence-corrected chi connectivity index (χ3v) is 5.39. The fourth-order valence-corrected chi connectivity index (χ4v) is 4.20. The van der Waals surface area contributed by atoms with Gasteiger partial charge in [-0.25, -0.2) is 0 Å². The summed E-state index contributed by atoms with van der Waals surface area (Å²) in [6, 6.07) is 7.83. The van der Waals surface area contributed by atoms with Crippen LogP contribution < -0.4 is 15.5 Å². The van der Waals surface area contributed by atoms with E-state index in [2.05, 4.69) is 26.5 Å². The van der Waals surface area contributed by atoms with Gasteiger partial charge >= 0.3 is 0 Å². The normalized spacial score (nSPS) is 26.4. The highest BCUT2D eigenvalue weighted by molar-refractivity contribution is 7.80. The smallest absolute Gasteiger partial charge is 0.244 e. The molecule has 6 nitrogen and oxygen atoms in total. The quantitative estimate of drug-likeness (QED) is 0.513.